The van der Waals surface area contributed by atoms with Gasteiger partial charge in [0.2, 0.25) is 5.91 Å². The molecule has 17 heavy (non-hydrogen) atoms. The summed E-state index contributed by atoms with van der Waals surface area (Å²) in [5.74, 6) is 1.61. The van der Waals surface area contributed by atoms with Crippen LogP contribution in [0.4, 0.5) is 0 Å². The summed E-state index contributed by atoms with van der Waals surface area (Å²) in [4.78, 5) is 11.8. The summed E-state index contributed by atoms with van der Waals surface area (Å²) in [6, 6.07) is 0.921. The summed E-state index contributed by atoms with van der Waals surface area (Å²) < 4.78 is 0. The number of carbonyl (C=O) groups is 1. The van der Waals surface area contributed by atoms with Gasteiger partial charge >= 0.3 is 0 Å². The SMILES string of the molecule is CC(C)NCCCC(=O)NC1CCC(C)C1C. The number of hydrogen-bond acceptors (Lipinski definition) is 2. The second kappa shape index (κ2) is 7.00. The molecule has 0 aliphatic heterocycles. The average molecular weight is 240 g/mol. The molecule has 0 radical (unpaired) electrons. The number of rotatable bonds is 6. The zero-order chi connectivity index (χ0) is 12.8. The van der Waals surface area contributed by atoms with Gasteiger partial charge in [-0.2, -0.15) is 0 Å². The van der Waals surface area contributed by atoms with Crippen LogP contribution in [0.3, 0.4) is 0 Å². The van der Waals surface area contributed by atoms with Crippen molar-refractivity contribution < 1.29 is 4.79 Å². The highest BCUT2D eigenvalue weighted by molar-refractivity contribution is 5.76. The van der Waals surface area contributed by atoms with Gasteiger partial charge in [-0.1, -0.05) is 27.7 Å². The normalized spacial score (nSPS) is 28.6. The summed E-state index contributed by atoms with van der Waals surface area (Å²) >= 11 is 0. The Kier molecular flexibility index (Phi) is 5.96. The van der Waals surface area contributed by atoms with Gasteiger partial charge in [0, 0.05) is 18.5 Å². The molecule has 1 aliphatic rings. The Labute approximate surface area is 106 Å². The monoisotopic (exact) mass is 240 g/mol. The Morgan fingerprint density at radius 2 is 2.00 bits per heavy atom. The van der Waals surface area contributed by atoms with E-state index in [1.54, 1.807) is 0 Å². The topological polar surface area (TPSA) is 41.1 Å². The highest BCUT2D eigenvalue weighted by atomic mass is 16.1. The van der Waals surface area contributed by atoms with Crippen molar-refractivity contribution in [3.63, 3.8) is 0 Å². The lowest BCUT2D eigenvalue weighted by Crippen LogP contribution is -2.37. The molecule has 1 rings (SSSR count). The first kappa shape index (κ1) is 14.5. The first-order chi connectivity index (χ1) is 8.00. The third-order valence-corrected chi connectivity index (χ3v) is 3.94. The quantitative estimate of drug-likeness (QED) is 0.700. The van der Waals surface area contributed by atoms with Crippen LogP contribution in [-0.2, 0) is 4.79 Å². The first-order valence-electron chi connectivity index (χ1n) is 7.03. The van der Waals surface area contributed by atoms with Gasteiger partial charge in [0.15, 0.2) is 0 Å². The molecule has 0 aromatic carbocycles. The van der Waals surface area contributed by atoms with E-state index in [4.69, 9.17) is 0 Å². The van der Waals surface area contributed by atoms with Gasteiger partial charge in [-0.3, -0.25) is 4.79 Å². The van der Waals surface area contributed by atoms with Crippen molar-refractivity contribution in [2.75, 3.05) is 6.54 Å². The van der Waals surface area contributed by atoms with Crippen molar-refractivity contribution in [2.24, 2.45) is 11.8 Å². The maximum absolute atomic E-state index is 11.8. The molecule has 1 amide bonds. The lowest BCUT2D eigenvalue weighted by molar-refractivity contribution is -0.122. The van der Waals surface area contributed by atoms with Crippen molar-refractivity contribution in [1.29, 1.82) is 0 Å². The van der Waals surface area contributed by atoms with Gasteiger partial charge in [-0.05, 0) is 37.6 Å². The van der Waals surface area contributed by atoms with Gasteiger partial charge in [0.1, 0.15) is 0 Å². The third kappa shape index (κ3) is 5.07. The average Bonchev–Trinajstić information content (AvgIpc) is 2.56. The Morgan fingerprint density at radius 3 is 2.53 bits per heavy atom. The molecule has 3 nitrogen and oxygen atoms in total. The zero-order valence-corrected chi connectivity index (χ0v) is 11.8. The number of hydrogen-bond donors (Lipinski definition) is 2. The van der Waals surface area contributed by atoms with Gasteiger partial charge < -0.3 is 10.6 Å². The third-order valence-electron chi connectivity index (χ3n) is 3.94. The number of nitrogens with one attached hydrogen (secondary N) is 2. The van der Waals surface area contributed by atoms with E-state index in [2.05, 4.69) is 38.3 Å². The number of carbonyl (C=O) groups excluding carboxylic acids is 1. The molecule has 0 heterocycles. The summed E-state index contributed by atoms with van der Waals surface area (Å²) in [6.45, 7) is 9.72. The highest BCUT2D eigenvalue weighted by Crippen LogP contribution is 2.31. The van der Waals surface area contributed by atoms with E-state index < -0.39 is 0 Å². The van der Waals surface area contributed by atoms with Gasteiger partial charge in [0.25, 0.3) is 0 Å². The first-order valence-corrected chi connectivity index (χ1v) is 7.03. The lowest BCUT2D eigenvalue weighted by atomic mass is 9.98. The highest BCUT2D eigenvalue weighted by Gasteiger charge is 2.30. The van der Waals surface area contributed by atoms with Crippen LogP contribution in [0.5, 0.6) is 0 Å². The molecule has 100 valence electrons. The molecule has 1 fully saturated rings. The second-order valence-electron chi connectivity index (χ2n) is 5.80. The molecule has 0 saturated heterocycles. The van der Waals surface area contributed by atoms with Crippen LogP contribution < -0.4 is 10.6 Å². The van der Waals surface area contributed by atoms with Crippen LogP contribution in [0.1, 0.15) is 53.4 Å². The van der Waals surface area contributed by atoms with Crippen LogP contribution in [0.15, 0.2) is 0 Å². The molecule has 2 N–H and O–H groups in total. The number of amides is 1. The molecule has 3 heteroatoms. The predicted molar refractivity (Wildman–Crippen MR) is 71.9 cm³/mol. The largest absolute Gasteiger partial charge is 0.353 e. The van der Waals surface area contributed by atoms with E-state index >= 15 is 0 Å². The predicted octanol–water partition coefficient (Wildman–Crippen LogP) is 2.32. The van der Waals surface area contributed by atoms with Crippen LogP contribution in [-0.4, -0.2) is 24.5 Å². The van der Waals surface area contributed by atoms with E-state index in [1.165, 1.54) is 6.42 Å². The molecule has 0 aromatic rings. The van der Waals surface area contributed by atoms with E-state index in [1.807, 2.05) is 0 Å². The minimum Gasteiger partial charge on any atom is -0.353 e. The lowest BCUT2D eigenvalue weighted by Gasteiger charge is -2.19. The smallest absolute Gasteiger partial charge is 0.220 e. The molecular formula is C14H28N2O. The fourth-order valence-electron chi connectivity index (χ4n) is 2.49. The fourth-order valence-corrected chi connectivity index (χ4v) is 2.49. The van der Waals surface area contributed by atoms with Crippen LogP contribution in [0, 0.1) is 11.8 Å². The van der Waals surface area contributed by atoms with E-state index in [-0.39, 0.29) is 5.91 Å². The van der Waals surface area contributed by atoms with Gasteiger partial charge in [-0.25, -0.2) is 0 Å². The summed E-state index contributed by atoms with van der Waals surface area (Å²) in [5.41, 5.74) is 0. The molecule has 3 atom stereocenters. The second-order valence-corrected chi connectivity index (χ2v) is 5.80. The molecular weight excluding hydrogens is 212 g/mol. The van der Waals surface area contributed by atoms with Crippen LogP contribution >= 0.6 is 0 Å². The Balaban J connectivity index is 2.13. The molecule has 0 bridgehead atoms. The minimum atomic E-state index is 0.224. The van der Waals surface area contributed by atoms with Crippen molar-refractivity contribution in [3.05, 3.63) is 0 Å². The van der Waals surface area contributed by atoms with Crippen molar-refractivity contribution in [2.45, 2.75) is 65.5 Å². The van der Waals surface area contributed by atoms with Crippen molar-refractivity contribution >= 4 is 5.91 Å². The van der Waals surface area contributed by atoms with Crippen LogP contribution in [0.2, 0.25) is 0 Å². The van der Waals surface area contributed by atoms with Gasteiger partial charge in [-0.15, -0.1) is 0 Å². The summed E-state index contributed by atoms with van der Waals surface area (Å²) in [5, 5.41) is 6.51. The van der Waals surface area contributed by atoms with Crippen LogP contribution in [0.25, 0.3) is 0 Å². The fraction of sp³-hybridized carbons (Fsp3) is 0.929. The maximum Gasteiger partial charge on any atom is 0.220 e. The van der Waals surface area contributed by atoms with E-state index in [9.17, 15) is 4.79 Å². The summed E-state index contributed by atoms with van der Waals surface area (Å²) in [6.07, 6.45) is 3.98. The van der Waals surface area contributed by atoms with Gasteiger partial charge in [0.05, 0.1) is 0 Å². The minimum absolute atomic E-state index is 0.224. The van der Waals surface area contributed by atoms with Crippen molar-refractivity contribution in [3.8, 4) is 0 Å². The molecule has 3 unspecified atom stereocenters. The standard InChI is InChI=1S/C14H28N2O/c1-10(2)15-9-5-6-14(17)16-13-8-7-11(3)12(13)4/h10-13,15H,5-9H2,1-4H3,(H,16,17). The molecule has 1 saturated carbocycles. The van der Waals surface area contributed by atoms with E-state index in [0.29, 0.717) is 24.4 Å². The van der Waals surface area contributed by atoms with E-state index in [0.717, 1.165) is 25.3 Å². The molecule has 0 spiro atoms. The zero-order valence-electron chi connectivity index (χ0n) is 11.8. The molecule has 0 aromatic heterocycles. The molecule has 1 aliphatic carbocycles. The summed E-state index contributed by atoms with van der Waals surface area (Å²) in [7, 11) is 0. The Bertz CT molecular complexity index is 240. The Hall–Kier alpha value is -0.570. The van der Waals surface area contributed by atoms with Crippen molar-refractivity contribution in [1.82, 2.24) is 10.6 Å². The maximum atomic E-state index is 11.8. The Morgan fingerprint density at radius 1 is 1.29 bits per heavy atom.